The minimum Gasteiger partial charge on any atom is -0.483 e. The summed E-state index contributed by atoms with van der Waals surface area (Å²) in [7, 11) is 0. The topological polar surface area (TPSA) is 64.8 Å². The van der Waals surface area contributed by atoms with Gasteiger partial charge in [0.05, 0.1) is 17.8 Å². The van der Waals surface area contributed by atoms with Gasteiger partial charge in [0.25, 0.3) is 5.91 Å². The molecule has 1 saturated heterocycles. The minimum absolute atomic E-state index is 0.0287. The fourth-order valence-electron chi connectivity index (χ4n) is 2.41. The van der Waals surface area contributed by atoms with Crippen LogP contribution in [0.4, 0.5) is 0 Å². The molecule has 21 heavy (non-hydrogen) atoms. The molecule has 0 radical (unpaired) electrons. The highest BCUT2D eigenvalue weighted by atomic mass is 32.1. The number of hydrogen-bond donors (Lipinski definition) is 1. The lowest BCUT2D eigenvalue weighted by atomic mass is 10.2. The van der Waals surface area contributed by atoms with Crippen LogP contribution in [0, 0.1) is 0 Å². The molecule has 5 nitrogen and oxygen atoms in total. The summed E-state index contributed by atoms with van der Waals surface area (Å²) in [6.45, 7) is 5.06. The van der Waals surface area contributed by atoms with Gasteiger partial charge in [-0.25, -0.2) is 0 Å². The number of hydrogen-bond acceptors (Lipinski definition) is 4. The fraction of sp³-hybridized carbons (Fsp3) is 0.467. The van der Waals surface area contributed by atoms with Crippen LogP contribution in [0.5, 0.6) is 5.75 Å². The Balaban J connectivity index is 1.97. The minimum atomic E-state index is -0.0604. The summed E-state index contributed by atoms with van der Waals surface area (Å²) in [5, 5.41) is 0. The monoisotopic (exact) mass is 308 g/mol. The van der Waals surface area contributed by atoms with Gasteiger partial charge in [0.15, 0.2) is 6.61 Å². The second-order valence-corrected chi connectivity index (χ2v) is 5.64. The molecule has 1 fully saturated rings. The Morgan fingerprint density at radius 1 is 1.38 bits per heavy atom. The highest BCUT2D eigenvalue weighted by Crippen LogP contribution is 2.18. The molecular weight excluding hydrogens is 288 g/mol. The first-order valence-corrected chi connectivity index (χ1v) is 7.33. The van der Waals surface area contributed by atoms with Crippen molar-refractivity contribution in [2.45, 2.75) is 26.1 Å². The van der Waals surface area contributed by atoms with Crippen LogP contribution in [-0.2, 0) is 9.53 Å². The molecule has 2 atom stereocenters. The van der Waals surface area contributed by atoms with E-state index in [1.807, 2.05) is 26.0 Å². The average Bonchev–Trinajstić information content (AvgIpc) is 2.43. The molecule has 1 aromatic rings. The highest BCUT2D eigenvalue weighted by molar-refractivity contribution is 7.80. The summed E-state index contributed by atoms with van der Waals surface area (Å²) >= 11 is 4.97. The third kappa shape index (κ3) is 4.15. The zero-order valence-corrected chi connectivity index (χ0v) is 13.1. The van der Waals surface area contributed by atoms with Crippen LogP contribution in [0.1, 0.15) is 19.4 Å². The van der Waals surface area contributed by atoms with Gasteiger partial charge in [-0.15, -0.1) is 0 Å². The summed E-state index contributed by atoms with van der Waals surface area (Å²) in [5.74, 6) is 0.474. The number of rotatable bonds is 4. The van der Waals surface area contributed by atoms with Crippen LogP contribution >= 0.6 is 12.2 Å². The van der Waals surface area contributed by atoms with Crippen molar-refractivity contribution in [2.24, 2.45) is 5.73 Å². The van der Waals surface area contributed by atoms with Gasteiger partial charge in [-0.1, -0.05) is 24.4 Å². The summed E-state index contributed by atoms with van der Waals surface area (Å²) in [4.78, 5) is 14.2. The van der Waals surface area contributed by atoms with E-state index in [1.165, 1.54) is 0 Å². The maximum absolute atomic E-state index is 12.2. The molecule has 0 saturated carbocycles. The molecule has 6 heteroatoms. The van der Waals surface area contributed by atoms with Gasteiger partial charge in [-0.3, -0.25) is 4.79 Å². The maximum atomic E-state index is 12.2. The first-order chi connectivity index (χ1) is 9.97. The molecular formula is C15H20N2O3S. The van der Waals surface area contributed by atoms with E-state index in [-0.39, 0.29) is 29.7 Å². The normalized spacial score (nSPS) is 21.9. The smallest absolute Gasteiger partial charge is 0.260 e. The van der Waals surface area contributed by atoms with Crippen molar-refractivity contribution < 1.29 is 14.3 Å². The van der Waals surface area contributed by atoms with Crippen molar-refractivity contribution in [3.63, 3.8) is 0 Å². The number of nitrogens with zero attached hydrogens (tertiary/aromatic N) is 1. The van der Waals surface area contributed by atoms with Crippen molar-refractivity contribution in [3.05, 3.63) is 29.8 Å². The molecule has 0 aliphatic carbocycles. The molecule has 1 aromatic carbocycles. The van der Waals surface area contributed by atoms with Crippen molar-refractivity contribution in [3.8, 4) is 5.75 Å². The molecule has 1 amide bonds. The van der Waals surface area contributed by atoms with Crippen LogP contribution < -0.4 is 10.5 Å². The standard InChI is InChI=1S/C15H20N2O3S/c1-10-7-17(8-11(2)20-10)14(18)9-19-13-6-4-3-5-12(13)15(16)21/h3-6,10-11H,7-9H2,1-2H3,(H2,16,21). The average molecular weight is 308 g/mol. The molecule has 0 bridgehead atoms. The van der Waals surface area contributed by atoms with Crippen molar-refractivity contribution in [2.75, 3.05) is 19.7 Å². The Morgan fingerprint density at radius 3 is 2.62 bits per heavy atom. The van der Waals surface area contributed by atoms with Crippen LogP contribution in [0.15, 0.2) is 24.3 Å². The number of carbonyl (C=O) groups excluding carboxylic acids is 1. The van der Waals surface area contributed by atoms with Crippen molar-refractivity contribution in [1.29, 1.82) is 0 Å². The Labute approximate surface area is 130 Å². The molecule has 1 aliphatic rings. The maximum Gasteiger partial charge on any atom is 0.260 e. The summed E-state index contributed by atoms with van der Waals surface area (Å²) in [6.07, 6.45) is 0.0863. The molecule has 2 unspecified atom stereocenters. The lowest BCUT2D eigenvalue weighted by Crippen LogP contribution is -2.49. The first-order valence-electron chi connectivity index (χ1n) is 6.92. The number of amides is 1. The number of nitrogens with two attached hydrogens (primary N) is 1. The Hall–Kier alpha value is -1.66. The van der Waals surface area contributed by atoms with Gasteiger partial charge in [0.1, 0.15) is 10.7 Å². The van der Waals surface area contributed by atoms with Gasteiger partial charge in [-0.05, 0) is 26.0 Å². The molecule has 0 spiro atoms. The second kappa shape index (κ2) is 6.87. The molecule has 114 valence electrons. The Kier molecular flexibility index (Phi) is 5.14. The van der Waals surface area contributed by atoms with E-state index in [0.29, 0.717) is 24.4 Å². The Morgan fingerprint density at radius 2 is 2.00 bits per heavy atom. The van der Waals surface area contributed by atoms with Crippen LogP contribution in [-0.4, -0.2) is 47.7 Å². The molecule has 1 heterocycles. The predicted molar refractivity (Wildman–Crippen MR) is 84.4 cm³/mol. The zero-order valence-electron chi connectivity index (χ0n) is 12.2. The van der Waals surface area contributed by atoms with E-state index in [0.717, 1.165) is 0 Å². The van der Waals surface area contributed by atoms with Crippen molar-refractivity contribution >= 4 is 23.1 Å². The first kappa shape index (κ1) is 15.7. The number of para-hydroxylation sites is 1. The van der Waals surface area contributed by atoms with E-state index in [9.17, 15) is 4.79 Å². The van der Waals surface area contributed by atoms with Crippen LogP contribution in [0.3, 0.4) is 0 Å². The van der Waals surface area contributed by atoms with Crippen molar-refractivity contribution in [1.82, 2.24) is 4.90 Å². The van der Waals surface area contributed by atoms with E-state index >= 15 is 0 Å². The van der Waals surface area contributed by atoms with E-state index in [1.54, 1.807) is 17.0 Å². The third-order valence-corrected chi connectivity index (χ3v) is 3.50. The van der Waals surface area contributed by atoms with Crippen LogP contribution in [0.25, 0.3) is 0 Å². The van der Waals surface area contributed by atoms with E-state index in [4.69, 9.17) is 27.4 Å². The lowest BCUT2D eigenvalue weighted by Gasteiger charge is -2.35. The van der Waals surface area contributed by atoms with Gasteiger partial charge in [0.2, 0.25) is 0 Å². The SMILES string of the molecule is CC1CN(C(=O)COc2ccccc2C(N)=S)CC(C)O1. The summed E-state index contributed by atoms with van der Waals surface area (Å²) < 4.78 is 11.2. The number of morpholine rings is 1. The Bertz CT molecular complexity index is 525. The predicted octanol–water partition coefficient (Wildman–Crippen LogP) is 1.34. The third-order valence-electron chi connectivity index (χ3n) is 3.28. The highest BCUT2D eigenvalue weighted by Gasteiger charge is 2.26. The van der Waals surface area contributed by atoms with E-state index in [2.05, 4.69) is 0 Å². The molecule has 1 aliphatic heterocycles. The number of ether oxygens (including phenoxy) is 2. The number of thiocarbonyl (C=S) groups is 1. The van der Waals surface area contributed by atoms with E-state index < -0.39 is 0 Å². The van der Waals surface area contributed by atoms with Crippen LogP contribution in [0.2, 0.25) is 0 Å². The van der Waals surface area contributed by atoms with Gasteiger partial charge in [-0.2, -0.15) is 0 Å². The second-order valence-electron chi connectivity index (χ2n) is 5.21. The van der Waals surface area contributed by atoms with Gasteiger partial charge >= 0.3 is 0 Å². The zero-order chi connectivity index (χ0) is 15.4. The number of benzene rings is 1. The lowest BCUT2D eigenvalue weighted by molar-refractivity contribution is -0.145. The summed E-state index contributed by atoms with van der Waals surface area (Å²) in [5.41, 5.74) is 6.28. The summed E-state index contributed by atoms with van der Waals surface area (Å²) in [6, 6.07) is 7.18. The molecule has 2 rings (SSSR count). The fourth-order valence-corrected chi connectivity index (χ4v) is 2.58. The largest absolute Gasteiger partial charge is 0.483 e. The van der Waals surface area contributed by atoms with Gasteiger partial charge < -0.3 is 20.1 Å². The number of carbonyl (C=O) groups is 1. The molecule has 2 N–H and O–H groups in total. The quantitative estimate of drug-likeness (QED) is 0.850. The molecule has 0 aromatic heterocycles. The van der Waals surface area contributed by atoms with Gasteiger partial charge in [0, 0.05) is 13.1 Å².